The Balaban J connectivity index is 1.70. The zero-order valence-electron chi connectivity index (χ0n) is 11.2. The summed E-state index contributed by atoms with van der Waals surface area (Å²) in [5, 5.41) is 0. The second kappa shape index (κ2) is 4.53. The van der Waals surface area contributed by atoms with Crippen molar-refractivity contribution in [2.75, 3.05) is 0 Å². The van der Waals surface area contributed by atoms with E-state index in [0.717, 1.165) is 32.1 Å². The van der Waals surface area contributed by atoms with Gasteiger partial charge in [0.05, 0.1) is 0 Å². The van der Waals surface area contributed by atoms with Gasteiger partial charge in [-0.2, -0.15) is 0 Å². The number of rotatable bonds is 4. The van der Waals surface area contributed by atoms with E-state index in [1.54, 1.807) is 0 Å². The molecule has 0 spiro atoms. The Kier molecular flexibility index (Phi) is 3.01. The highest BCUT2D eigenvalue weighted by Gasteiger charge is 2.41. The third-order valence-corrected chi connectivity index (χ3v) is 5.22. The number of carbonyl (C=O) groups is 1. The Morgan fingerprint density at radius 1 is 1.28 bits per heavy atom. The molecule has 0 heterocycles. The summed E-state index contributed by atoms with van der Waals surface area (Å²) < 4.78 is 0. The predicted octanol–water partition coefficient (Wildman–Crippen LogP) is 4.26. The number of hydrogen-bond acceptors (Lipinski definition) is 1. The molecule has 18 heavy (non-hydrogen) atoms. The lowest BCUT2D eigenvalue weighted by atomic mass is 9.70. The second-order valence-electron chi connectivity index (χ2n) is 6.07. The van der Waals surface area contributed by atoms with E-state index in [-0.39, 0.29) is 5.41 Å². The summed E-state index contributed by atoms with van der Waals surface area (Å²) >= 11 is 0. The first kappa shape index (κ1) is 12.0. The van der Waals surface area contributed by atoms with Crippen molar-refractivity contribution in [1.82, 2.24) is 0 Å². The van der Waals surface area contributed by atoms with Gasteiger partial charge < -0.3 is 0 Å². The van der Waals surface area contributed by atoms with E-state index in [1.807, 2.05) is 0 Å². The van der Waals surface area contributed by atoms with E-state index in [9.17, 15) is 4.79 Å². The van der Waals surface area contributed by atoms with Gasteiger partial charge in [-0.1, -0.05) is 44.0 Å². The normalized spacial score (nSPS) is 24.4. The van der Waals surface area contributed by atoms with Crippen molar-refractivity contribution in [3.8, 4) is 0 Å². The van der Waals surface area contributed by atoms with Gasteiger partial charge in [-0.15, -0.1) is 0 Å². The lowest BCUT2D eigenvalue weighted by Crippen LogP contribution is -2.31. The Labute approximate surface area is 110 Å². The van der Waals surface area contributed by atoms with Crippen LogP contribution in [0.1, 0.15) is 62.5 Å². The molecule has 0 aromatic heterocycles. The van der Waals surface area contributed by atoms with Gasteiger partial charge in [0.15, 0.2) is 0 Å². The first-order chi connectivity index (χ1) is 8.75. The highest BCUT2D eigenvalue weighted by Crippen LogP contribution is 2.46. The average molecular weight is 242 g/mol. The molecule has 0 saturated heterocycles. The molecule has 0 bridgehead atoms. The Bertz CT molecular complexity index is 454. The standard InChI is InChI=1S/C17H22O/c1-2-17(9-5-6-10-17)16(18)12-14-11-13-7-3-4-8-15(13)14/h3-4,7-8,14H,2,5-6,9-12H2,1H3. The number of hydrogen-bond donors (Lipinski definition) is 0. The minimum absolute atomic E-state index is 0.0462. The maximum absolute atomic E-state index is 12.6. The van der Waals surface area contributed by atoms with E-state index < -0.39 is 0 Å². The van der Waals surface area contributed by atoms with Gasteiger partial charge in [0, 0.05) is 11.8 Å². The average Bonchev–Trinajstić information content (AvgIpc) is 2.86. The predicted molar refractivity (Wildman–Crippen MR) is 73.7 cm³/mol. The van der Waals surface area contributed by atoms with Crippen molar-refractivity contribution in [2.45, 2.75) is 57.8 Å². The summed E-state index contributed by atoms with van der Waals surface area (Å²) in [5.41, 5.74) is 2.92. The molecule has 2 aliphatic carbocycles. The number of ketones is 1. The van der Waals surface area contributed by atoms with Gasteiger partial charge in [-0.25, -0.2) is 0 Å². The summed E-state index contributed by atoms with van der Waals surface area (Å²) in [4.78, 5) is 12.6. The molecule has 1 heteroatoms. The molecule has 0 aliphatic heterocycles. The van der Waals surface area contributed by atoms with Crippen molar-refractivity contribution in [3.63, 3.8) is 0 Å². The molecular weight excluding hydrogens is 220 g/mol. The third kappa shape index (κ3) is 1.81. The van der Waals surface area contributed by atoms with Gasteiger partial charge >= 0.3 is 0 Å². The number of benzene rings is 1. The Morgan fingerprint density at radius 3 is 2.67 bits per heavy atom. The van der Waals surface area contributed by atoms with E-state index in [0.29, 0.717) is 11.7 Å². The van der Waals surface area contributed by atoms with Crippen molar-refractivity contribution < 1.29 is 4.79 Å². The van der Waals surface area contributed by atoms with Gasteiger partial charge in [-0.05, 0) is 42.7 Å². The van der Waals surface area contributed by atoms with Crippen LogP contribution in [0, 0.1) is 5.41 Å². The zero-order valence-corrected chi connectivity index (χ0v) is 11.2. The number of Topliss-reactive ketones (excluding diaryl/α,β-unsaturated/α-hetero) is 1. The molecule has 96 valence electrons. The van der Waals surface area contributed by atoms with Crippen LogP contribution in [0.3, 0.4) is 0 Å². The van der Waals surface area contributed by atoms with Crippen molar-refractivity contribution in [3.05, 3.63) is 35.4 Å². The summed E-state index contributed by atoms with van der Waals surface area (Å²) in [6.45, 7) is 2.19. The topological polar surface area (TPSA) is 17.1 Å². The van der Waals surface area contributed by atoms with Gasteiger partial charge in [0.2, 0.25) is 0 Å². The molecule has 1 saturated carbocycles. The van der Waals surface area contributed by atoms with Gasteiger partial charge in [0.1, 0.15) is 5.78 Å². The van der Waals surface area contributed by atoms with Crippen molar-refractivity contribution >= 4 is 5.78 Å². The van der Waals surface area contributed by atoms with E-state index in [1.165, 1.54) is 24.0 Å². The molecule has 1 aromatic carbocycles. The fourth-order valence-electron chi connectivity index (χ4n) is 3.87. The fourth-order valence-corrected chi connectivity index (χ4v) is 3.87. The van der Waals surface area contributed by atoms with Gasteiger partial charge in [0.25, 0.3) is 0 Å². The second-order valence-corrected chi connectivity index (χ2v) is 6.07. The molecule has 1 aromatic rings. The van der Waals surface area contributed by atoms with Crippen molar-refractivity contribution in [1.29, 1.82) is 0 Å². The van der Waals surface area contributed by atoms with E-state index in [4.69, 9.17) is 0 Å². The van der Waals surface area contributed by atoms with Crippen LogP contribution in [-0.2, 0) is 11.2 Å². The molecule has 1 atom stereocenters. The van der Waals surface area contributed by atoms with Crippen LogP contribution in [0.15, 0.2) is 24.3 Å². The van der Waals surface area contributed by atoms with Crippen LogP contribution >= 0.6 is 0 Å². The molecule has 0 radical (unpaired) electrons. The smallest absolute Gasteiger partial charge is 0.139 e. The SMILES string of the molecule is CCC1(C(=O)CC2Cc3ccccc32)CCCC1. The number of carbonyl (C=O) groups excluding carboxylic acids is 1. The largest absolute Gasteiger partial charge is 0.299 e. The zero-order chi connectivity index (χ0) is 12.6. The molecule has 0 N–H and O–H groups in total. The van der Waals surface area contributed by atoms with Crippen LogP contribution in [0.2, 0.25) is 0 Å². The van der Waals surface area contributed by atoms with Crippen LogP contribution in [0.25, 0.3) is 0 Å². The molecule has 1 nitrogen and oxygen atoms in total. The molecule has 2 aliphatic rings. The fraction of sp³-hybridized carbons (Fsp3) is 0.588. The molecular formula is C17H22O. The molecule has 3 rings (SSSR count). The molecule has 1 unspecified atom stereocenters. The Morgan fingerprint density at radius 2 is 2.00 bits per heavy atom. The molecule has 0 amide bonds. The lowest BCUT2D eigenvalue weighted by Gasteiger charge is -2.33. The van der Waals surface area contributed by atoms with Gasteiger partial charge in [-0.3, -0.25) is 4.79 Å². The third-order valence-electron chi connectivity index (χ3n) is 5.22. The summed E-state index contributed by atoms with van der Waals surface area (Å²) in [6.07, 6.45) is 7.71. The summed E-state index contributed by atoms with van der Waals surface area (Å²) in [7, 11) is 0. The monoisotopic (exact) mass is 242 g/mol. The summed E-state index contributed by atoms with van der Waals surface area (Å²) in [5.74, 6) is 1.06. The molecule has 1 fully saturated rings. The minimum atomic E-state index is 0.0462. The Hall–Kier alpha value is -1.11. The van der Waals surface area contributed by atoms with Crippen molar-refractivity contribution in [2.24, 2.45) is 5.41 Å². The lowest BCUT2D eigenvalue weighted by molar-refractivity contribution is -0.129. The first-order valence-electron chi connectivity index (χ1n) is 7.36. The summed E-state index contributed by atoms with van der Waals surface area (Å²) in [6, 6.07) is 8.59. The maximum Gasteiger partial charge on any atom is 0.139 e. The van der Waals surface area contributed by atoms with Crippen LogP contribution in [0.4, 0.5) is 0 Å². The van der Waals surface area contributed by atoms with Crippen LogP contribution in [-0.4, -0.2) is 5.78 Å². The maximum atomic E-state index is 12.6. The quantitative estimate of drug-likeness (QED) is 0.771. The van der Waals surface area contributed by atoms with Crippen LogP contribution < -0.4 is 0 Å². The van der Waals surface area contributed by atoms with E-state index >= 15 is 0 Å². The highest BCUT2D eigenvalue weighted by atomic mass is 16.1. The minimum Gasteiger partial charge on any atom is -0.299 e. The highest BCUT2D eigenvalue weighted by molar-refractivity contribution is 5.86. The number of fused-ring (bicyclic) bond motifs is 1. The first-order valence-corrected chi connectivity index (χ1v) is 7.36. The van der Waals surface area contributed by atoms with Crippen LogP contribution in [0.5, 0.6) is 0 Å². The van der Waals surface area contributed by atoms with E-state index in [2.05, 4.69) is 31.2 Å².